The fraction of sp³-hybridized carbons (Fsp3) is 0.333. The van der Waals surface area contributed by atoms with E-state index >= 15 is 0 Å². The van der Waals surface area contributed by atoms with Gasteiger partial charge in [0.2, 0.25) is 0 Å². The van der Waals surface area contributed by atoms with Crippen molar-refractivity contribution in [3.05, 3.63) is 53.3 Å². The highest BCUT2D eigenvalue weighted by atomic mass is 16.1. The summed E-state index contributed by atoms with van der Waals surface area (Å²) in [6.45, 7) is 1.48. The molecule has 4 nitrogen and oxygen atoms in total. The summed E-state index contributed by atoms with van der Waals surface area (Å²) in [5, 5.41) is 7.28. The first-order valence-corrected chi connectivity index (χ1v) is 6.72. The number of nitrogens with one attached hydrogen (secondary N) is 1. The van der Waals surface area contributed by atoms with Crippen LogP contribution in [-0.2, 0) is 19.5 Å². The summed E-state index contributed by atoms with van der Waals surface area (Å²) in [6.07, 6.45) is 3.37. The quantitative estimate of drug-likeness (QED) is 0.913. The average molecular weight is 255 g/mol. The Morgan fingerprint density at radius 1 is 1.26 bits per heavy atom. The monoisotopic (exact) mass is 255 g/mol. The van der Waals surface area contributed by atoms with Gasteiger partial charge in [0.15, 0.2) is 0 Å². The van der Waals surface area contributed by atoms with E-state index in [0.717, 1.165) is 24.9 Å². The fourth-order valence-corrected chi connectivity index (χ4v) is 2.40. The van der Waals surface area contributed by atoms with E-state index in [9.17, 15) is 4.79 Å². The first-order chi connectivity index (χ1) is 9.33. The first kappa shape index (κ1) is 12.0. The summed E-state index contributed by atoms with van der Waals surface area (Å²) >= 11 is 0. The molecule has 0 fully saturated rings. The molecule has 0 saturated heterocycles. The topological polar surface area (TPSA) is 46.9 Å². The zero-order chi connectivity index (χ0) is 13.1. The predicted molar refractivity (Wildman–Crippen MR) is 72.8 cm³/mol. The summed E-state index contributed by atoms with van der Waals surface area (Å²) in [5.74, 6) is -0.0919. The Kier molecular flexibility index (Phi) is 3.31. The molecule has 1 aliphatic heterocycles. The molecule has 1 aromatic heterocycles. The summed E-state index contributed by atoms with van der Waals surface area (Å²) in [7, 11) is 0. The molecule has 4 heteroatoms. The van der Waals surface area contributed by atoms with Gasteiger partial charge in [-0.1, -0.05) is 30.3 Å². The molecular weight excluding hydrogens is 238 g/mol. The zero-order valence-electron chi connectivity index (χ0n) is 10.8. The fourth-order valence-electron chi connectivity index (χ4n) is 2.40. The van der Waals surface area contributed by atoms with E-state index < -0.39 is 0 Å². The van der Waals surface area contributed by atoms with E-state index in [4.69, 9.17) is 0 Å². The Labute approximate surface area is 112 Å². The number of carbonyl (C=O) groups excluding carboxylic acids is 1. The molecule has 1 N–H and O–H groups in total. The van der Waals surface area contributed by atoms with E-state index in [1.165, 1.54) is 12.1 Å². The Hall–Kier alpha value is -2.10. The van der Waals surface area contributed by atoms with E-state index in [1.54, 1.807) is 0 Å². The van der Waals surface area contributed by atoms with Crippen LogP contribution in [0.5, 0.6) is 0 Å². The number of hydrogen-bond donors (Lipinski definition) is 1. The second-order valence-electron chi connectivity index (χ2n) is 4.87. The number of fused-ring (bicyclic) bond motifs is 1. The van der Waals surface area contributed by atoms with Crippen molar-refractivity contribution in [1.82, 2.24) is 15.1 Å². The standard InChI is InChI=1S/C15H17N3O/c19-15(16-11-12-6-2-1-3-7-12)14-10-13-8-4-5-9-18(13)17-14/h1-3,6-7,10H,4-5,8-9,11H2,(H,16,19). The lowest BCUT2D eigenvalue weighted by molar-refractivity contribution is 0.0945. The molecule has 2 aromatic rings. The van der Waals surface area contributed by atoms with Crippen LogP contribution < -0.4 is 5.32 Å². The Bertz CT molecular complexity index is 551. The minimum Gasteiger partial charge on any atom is -0.347 e. The van der Waals surface area contributed by atoms with E-state index in [1.807, 2.05) is 41.1 Å². The normalized spacial score (nSPS) is 13.9. The minimum atomic E-state index is -0.0919. The second kappa shape index (κ2) is 5.26. The maximum Gasteiger partial charge on any atom is 0.272 e. The smallest absolute Gasteiger partial charge is 0.272 e. The van der Waals surface area contributed by atoms with Crippen molar-refractivity contribution in [3.8, 4) is 0 Å². The van der Waals surface area contributed by atoms with Gasteiger partial charge in [-0.3, -0.25) is 9.48 Å². The van der Waals surface area contributed by atoms with Gasteiger partial charge < -0.3 is 5.32 Å². The van der Waals surface area contributed by atoms with Gasteiger partial charge in [-0.2, -0.15) is 5.10 Å². The molecule has 3 rings (SSSR count). The van der Waals surface area contributed by atoms with Gasteiger partial charge in [0.1, 0.15) is 5.69 Å². The molecule has 0 bridgehead atoms. The number of rotatable bonds is 3. The highest BCUT2D eigenvalue weighted by Crippen LogP contribution is 2.15. The first-order valence-electron chi connectivity index (χ1n) is 6.72. The van der Waals surface area contributed by atoms with Crippen LogP contribution in [0.4, 0.5) is 0 Å². The predicted octanol–water partition coefficient (Wildman–Crippen LogP) is 2.15. The molecule has 0 atom stereocenters. The van der Waals surface area contributed by atoms with Gasteiger partial charge >= 0.3 is 0 Å². The lowest BCUT2D eigenvalue weighted by atomic mass is 10.1. The van der Waals surface area contributed by atoms with Gasteiger partial charge in [-0.25, -0.2) is 0 Å². The van der Waals surface area contributed by atoms with E-state index in [2.05, 4.69) is 10.4 Å². The van der Waals surface area contributed by atoms with Crippen molar-refractivity contribution in [2.75, 3.05) is 0 Å². The third-order valence-electron chi connectivity index (χ3n) is 3.44. The van der Waals surface area contributed by atoms with Crippen LogP contribution in [0.2, 0.25) is 0 Å². The van der Waals surface area contributed by atoms with Gasteiger partial charge in [-0.15, -0.1) is 0 Å². The van der Waals surface area contributed by atoms with Crippen LogP contribution in [0, 0.1) is 0 Å². The SMILES string of the molecule is O=C(NCc1ccccc1)c1cc2n(n1)CCCC2. The summed E-state index contributed by atoms with van der Waals surface area (Å²) < 4.78 is 1.96. The molecule has 1 amide bonds. The molecule has 0 spiro atoms. The number of amides is 1. The third-order valence-corrected chi connectivity index (χ3v) is 3.44. The number of carbonyl (C=O) groups is 1. The van der Waals surface area contributed by atoms with Gasteiger partial charge in [0.25, 0.3) is 5.91 Å². The number of nitrogens with zero attached hydrogens (tertiary/aromatic N) is 2. The number of aryl methyl sites for hydroxylation is 2. The third kappa shape index (κ3) is 2.67. The Balaban J connectivity index is 1.65. The maximum atomic E-state index is 12.0. The number of aromatic nitrogens is 2. The molecule has 0 saturated carbocycles. The molecule has 0 unspecified atom stereocenters. The summed E-state index contributed by atoms with van der Waals surface area (Å²) in [6, 6.07) is 11.8. The van der Waals surface area contributed by atoms with E-state index in [0.29, 0.717) is 12.2 Å². The largest absolute Gasteiger partial charge is 0.347 e. The van der Waals surface area contributed by atoms with Crippen LogP contribution in [0.25, 0.3) is 0 Å². The van der Waals surface area contributed by atoms with Crippen LogP contribution in [-0.4, -0.2) is 15.7 Å². The molecule has 1 aromatic carbocycles. The van der Waals surface area contributed by atoms with Crippen LogP contribution >= 0.6 is 0 Å². The number of hydrogen-bond acceptors (Lipinski definition) is 2. The lowest BCUT2D eigenvalue weighted by Gasteiger charge is -2.11. The Morgan fingerprint density at radius 3 is 2.89 bits per heavy atom. The lowest BCUT2D eigenvalue weighted by Crippen LogP contribution is -2.23. The minimum absolute atomic E-state index is 0.0919. The van der Waals surface area contributed by atoms with E-state index in [-0.39, 0.29) is 5.91 Å². The molecule has 0 aliphatic carbocycles. The number of benzene rings is 1. The molecule has 2 heterocycles. The van der Waals surface area contributed by atoms with Crippen molar-refractivity contribution in [2.45, 2.75) is 32.4 Å². The van der Waals surface area contributed by atoms with Gasteiger partial charge in [-0.05, 0) is 30.9 Å². The van der Waals surface area contributed by atoms with Crippen LogP contribution in [0.15, 0.2) is 36.4 Å². The van der Waals surface area contributed by atoms with Gasteiger partial charge in [0.05, 0.1) is 0 Å². The van der Waals surface area contributed by atoms with Crippen molar-refractivity contribution >= 4 is 5.91 Å². The molecule has 98 valence electrons. The van der Waals surface area contributed by atoms with Crippen molar-refractivity contribution in [2.24, 2.45) is 0 Å². The second-order valence-corrected chi connectivity index (χ2v) is 4.87. The highest BCUT2D eigenvalue weighted by Gasteiger charge is 2.16. The van der Waals surface area contributed by atoms with Gasteiger partial charge in [0, 0.05) is 18.8 Å². The van der Waals surface area contributed by atoms with Crippen molar-refractivity contribution in [3.63, 3.8) is 0 Å². The highest BCUT2D eigenvalue weighted by molar-refractivity contribution is 5.92. The van der Waals surface area contributed by atoms with Crippen molar-refractivity contribution < 1.29 is 4.79 Å². The maximum absolute atomic E-state index is 12.0. The molecule has 1 aliphatic rings. The van der Waals surface area contributed by atoms with Crippen LogP contribution in [0.1, 0.15) is 34.6 Å². The van der Waals surface area contributed by atoms with Crippen molar-refractivity contribution in [1.29, 1.82) is 0 Å². The molecule has 0 radical (unpaired) electrons. The molecular formula is C15H17N3O. The van der Waals surface area contributed by atoms with Crippen LogP contribution in [0.3, 0.4) is 0 Å². The average Bonchev–Trinajstić information content (AvgIpc) is 2.90. The zero-order valence-corrected chi connectivity index (χ0v) is 10.8. The summed E-state index contributed by atoms with van der Waals surface area (Å²) in [4.78, 5) is 12.0. The molecule has 19 heavy (non-hydrogen) atoms. The summed E-state index contributed by atoms with van der Waals surface area (Å²) in [5.41, 5.74) is 2.81. The Morgan fingerprint density at radius 2 is 2.11 bits per heavy atom.